The third-order valence-electron chi connectivity index (χ3n) is 3.29. The van der Waals surface area contributed by atoms with E-state index in [1.807, 2.05) is 10.6 Å². The number of hydrogen-bond acceptors (Lipinski definition) is 5. The Bertz CT molecular complexity index is 887. The van der Waals surface area contributed by atoms with Gasteiger partial charge >= 0.3 is 0 Å². The van der Waals surface area contributed by atoms with E-state index >= 15 is 0 Å². The molecule has 5 nitrogen and oxygen atoms in total. The molecule has 3 rings (SSSR count). The topological polar surface area (TPSA) is 69.6 Å². The molecule has 24 heavy (non-hydrogen) atoms. The van der Waals surface area contributed by atoms with E-state index in [0.29, 0.717) is 45.5 Å². The third kappa shape index (κ3) is 3.59. The van der Waals surface area contributed by atoms with Crippen LogP contribution in [0, 0.1) is 12.3 Å². The highest BCUT2D eigenvalue weighted by Crippen LogP contribution is 2.34. The highest BCUT2D eigenvalue weighted by molar-refractivity contribution is 7.99. The van der Waals surface area contributed by atoms with Gasteiger partial charge in [-0.3, -0.25) is 0 Å². The fourth-order valence-electron chi connectivity index (χ4n) is 2.14. The van der Waals surface area contributed by atoms with Crippen molar-refractivity contribution >= 4 is 40.8 Å². The van der Waals surface area contributed by atoms with E-state index in [4.69, 9.17) is 35.4 Å². The highest BCUT2D eigenvalue weighted by atomic mass is 35.5. The van der Waals surface area contributed by atoms with Crippen LogP contribution in [-0.2, 0) is 6.54 Å². The third-order valence-corrected chi connectivity index (χ3v) is 4.89. The first-order valence-corrected chi connectivity index (χ1v) is 8.70. The molecule has 0 aliphatic carbocycles. The fourth-order valence-corrected chi connectivity index (χ4v) is 3.30. The number of terminal acetylenes is 1. The summed E-state index contributed by atoms with van der Waals surface area (Å²) >= 11 is 13.4. The maximum absolute atomic E-state index is 6.04. The zero-order valence-corrected chi connectivity index (χ0v) is 14.9. The molecule has 1 aromatic rings. The van der Waals surface area contributed by atoms with E-state index in [2.05, 4.69) is 20.9 Å². The monoisotopic (exact) mass is 377 g/mol. The normalized spacial score (nSPS) is 10.9. The van der Waals surface area contributed by atoms with E-state index in [9.17, 15) is 0 Å². The van der Waals surface area contributed by atoms with Crippen LogP contribution in [0.5, 0.6) is 0 Å². The molecule has 2 heterocycles. The van der Waals surface area contributed by atoms with Gasteiger partial charge in [0.15, 0.2) is 22.5 Å². The number of anilines is 1. The summed E-state index contributed by atoms with van der Waals surface area (Å²) in [4.78, 5) is 14.1. The van der Waals surface area contributed by atoms with Crippen molar-refractivity contribution in [3.8, 4) is 23.9 Å². The van der Waals surface area contributed by atoms with Crippen molar-refractivity contribution in [1.29, 1.82) is 0 Å². The van der Waals surface area contributed by atoms with Crippen LogP contribution in [0.3, 0.4) is 0 Å². The van der Waals surface area contributed by atoms with Crippen LogP contribution in [-0.4, -0.2) is 19.5 Å². The van der Waals surface area contributed by atoms with Gasteiger partial charge in [-0.25, -0.2) is 15.0 Å². The molecular formula is C16H13Cl2N5S. The molecule has 0 radical (unpaired) electrons. The minimum Gasteiger partial charge on any atom is -0.382 e. The van der Waals surface area contributed by atoms with Crippen LogP contribution < -0.4 is 5.73 Å². The lowest BCUT2D eigenvalue weighted by Gasteiger charge is -2.09. The van der Waals surface area contributed by atoms with Gasteiger partial charge in [0.1, 0.15) is 0 Å². The van der Waals surface area contributed by atoms with Crippen molar-refractivity contribution < 1.29 is 0 Å². The Morgan fingerprint density at radius 2 is 2.08 bits per heavy atom. The number of fused-ring (bicyclic) bond motifs is 1. The molecule has 0 fully saturated rings. The first-order chi connectivity index (χ1) is 11.6. The highest BCUT2D eigenvalue weighted by Gasteiger charge is 2.19. The molecule has 0 amide bonds. The van der Waals surface area contributed by atoms with Gasteiger partial charge < -0.3 is 10.3 Å². The van der Waals surface area contributed by atoms with Gasteiger partial charge in [-0.2, -0.15) is 0 Å². The Kier molecular flexibility index (Phi) is 5.14. The predicted octanol–water partition coefficient (Wildman–Crippen LogP) is 4.23. The first kappa shape index (κ1) is 16.9. The van der Waals surface area contributed by atoms with E-state index in [-0.39, 0.29) is 0 Å². The van der Waals surface area contributed by atoms with Gasteiger partial charge in [0.2, 0.25) is 0 Å². The number of halogens is 2. The van der Waals surface area contributed by atoms with Gasteiger partial charge in [-0.1, -0.05) is 23.2 Å². The molecule has 0 saturated heterocycles. The molecule has 2 aliphatic rings. The fraction of sp³-hybridized carbons (Fsp3) is 0.188. The second kappa shape index (κ2) is 7.31. The van der Waals surface area contributed by atoms with Crippen molar-refractivity contribution in [2.75, 3.05) is 5.73 Å². The average molecular weight is 378 g/mol. The number of aromatic nitrogens is 4. The molecule has 2 aliphatic heterocycles. The van der Waals surface area contributed by atoms with Crippen molar-refractivity contribution in [1.82, 2.24) is 19.5 Å². The Morgan fingerprint density at radius 3 is 2.83 bits per heavy atom. The van der Waals surface area contributed by atoms with Crippen LogP contribution in [0.25, 0.3) is 11.5 Å². The summed E-state index contributed by atoms with van der Waals surface area (Å²) in [5.74, 6) is 3.67. The molecule has 2 N–H and O–H groups in total. The minimum atomic E-state index is 0.353. The number of aryl methyl sites for hydroxylation is 1. The number of nitrogens with zero attached hydrogens (tertiary/aromatic N) is 4. The summed E-state index contributed by atoms with van der Waals surface area (Å²) in [5.41, 5.74) is 6.51. The van der Waals surface area contributed by atoms with Crippen molar-refractivity contribution in [3.63, 3.8) is 0 Å². The first-order valence-electron chi connectivity index (χ1n) is 7.13. The Morgan fingerprint density at radius 1 is 1.25 bits per heavy atom. The van der Waals surface area contributed by atoms with Gasteiger partial charge in [-0.15, -0.1) is 12.3 Å². The summed E-state index contributed by atoms with van der Waals surface area (Å²) in [7, 11) is 0. The van der Waals surface area contributed by atoms with Crippen molar-refractivity contribution in [3.05, 3.63) is 34.6 Å². The molecule has 1 aromatic carbocycles. The summed E-state index contributed by atoms with van der Waals surface area (Å²) in [6.45, 7) is 0.712. The van der Waals surface area contributed by atoms with Crippen LogP contribution in [0.4, 0.5) is 5.82 Å². The number of hydrogen-bond donors (Lipinski definition) is 1. The molecule has 0 spiro atoms. The predicted molar refractivity (Wildman–Crippen MR) is 97.5 cm³/mol. The number of nitrogens with two attached hydrogens (primary N) is 1. The van der Waals surface area contributed by atoms with Gasteiger partial charge in [0.25, 0.3) is 0 Å². The summed E-state index contributed by atoms with van der Waals surface area (Å²) < 4.78 is 1.91. The summed E-state index contributed by atoms with van der Waals surface area (Å²) in [5, 5.41) is 1.58. The SMILES string of the molecule is C#CCCCn1cnc(N)c2nc(Sc3ccc(Cl)c(Cl)c3)nc1-2. The maximum atomic E-state index is 6.04. The molecule has 0 aromatic heterocycles. The van der Waals surface area contributed by atoms with E-state index in [1.54, 1.807) is 18.5 Å². The molecule has 8 heteroatoms. The molecule has 0 atom stereocenters. The number of imidazole rings is 1. The van der Waals surface area contributed by atoms with Gasteiger partial charge in [0.05, 0.1) is 16.4 Å². The van der Waals surface area contributed by atoms with Crippen LogP contribution >= 0.6 is 35.0 Å². The smallest absolute Gasteiger partial charge is 0.195 e. The number of rotatable bonds is 5. The average Bonchev–Trinajstić information content (AvgIpc) is 2.98. The zero-order chi connectivity index (χ0) is 17.1. The van der Waals surface area contributed by atoms with Crippen LogP contribution in [0.1, 0.15) is 12.8 Å². The van der Waals surface area contributed by atoms with Crippen molar-refractivity contribution in [2.24, 2.45) is 0 Å². The number of nitrogen functional groups attached to an aromatic ring is 1. The Labute approximate surface area is 153 Å². The largest absolute Gasteiger partial charge is 0.382 e. The number of benzene rings is 1. The Balaban J connectivity index is 1.90. The second-order valence-electron chi connectivity index (χ2n) is 4.99. The molecule has 122 valence electrons. The molecule has 0 saturated carbocycles. The van der Waals surface area contributed by atoms with Crippen LogP contribution in [0.15, 0.2) is 34.6 Å². The molecular weight excluding hydrogens is 365 g/mol. The summed E-state index contributed by atoms with van der Waals surface area (Å²) in [6, 6.07) is 5.38. The zero-order valence-electron chi connectivity index (χ0n) is 12.5. The maximum Gasteiger partial charge on any atom is 0.195 e. The number of unbranched alkanes of at least 4 members (excludes halogenated alkanes) is 1. The quantitative estimate of drug-likeness (QED) is 0.532. The van der Waals surface area contributed by atoms with Crippen molar-refractivity contribution in [2.45, 2.75) is 29.4 Å². The lowest BCUT2D eigenvalue weighted by Crippen LogP contribution is -2.08. The lowest BCUT2D eigenvalue weighted by molar-refractivity contribution is 0.638. The molecule has 0 unspecified atom stereocenters. The molecule has 0 bridgehead atoms. The minimum absolute atomic E-state index is 0.353. The van der Waals surface area contributed by atoms with Crippen LogP contribution in [0.2, 0.25) is 10.0 Å². The summed E-state index contributed by atoms with van der Waals surface area (Å²) in [6.07, 6.45) is 8.49. The van der Waals surface area contributed by atoms with Gasteiger partial charge in [-0.05, 0) is 36.4 Å². The van der Waals surface area contributed by atoms with Gasteiger partial charge in [0, 0.05) is 17.9 Å². The van der Waals surface area contributed by atoms with E-state index in [1.165, 1.54) is 11.8 Å². The lowest BCUT2D eigenvalue weighted by atomic mass is 10.3. The second-order valence-corrected chi connectivity index (χ2v) is 6.84. The Hall–Kier alpha value is -1.94. The standard InChI is InChI=1S/C16H13Cl2N5S/c1-2-3-4-7-23-9-20-14(19)13-15(23)22-16(21-13)24-10-5-6-11(17)12(18)8-10/h1,5-6,8-9H,3-4,7,19H2. The van der Waals surface area contributed by atoms with E-state index in [0.717, 1.165) is 11.3 Å². The van der Waals surface area contributed by atoms with E-state index < -0.39 is 0 Å².